The summed E-state index contributed by atoms with van der Waals surface area (Å²) in [7, 11) is 0. The molecule has 1 aromatic rings. The molecule has 7 heteroatoms. The van der Waals surface area contributed by atoms with E-state index in [0.29, 0.717) is 10.8 Å². The molecule has 0 aliphatic carbocycles. The van der Waals surface area contributed by atoms with Crippen molar-refractivity contribution in [3.8, 4) is 0 Å². The number of rotatable bonds is 3. The molecule has 22 heavy (non-hydrogen) atoms. The minimum Gasteiger partial charge on any atom is -0.459 e. The lowest BCUT2D eigenvalue weighted by atomic mass is 9.95. The number of ether oxygens (including phenoxy) is 1. The van der Waals surface area contributed by atoms with Crippen LogP contribution in [-0.2, 0) is 9.53 Å². The van der Waals surface area contributed by atoms with Gasteiger partial charge in [-0.25, -0.2) is 9.18 Å². The van der Waals surface area contributed by atoms with E-state index >= 15 is 0 Å². The van der Waals surface area contributed by atoms with Crippen LogP contribution in [0.5, 0.6) is 0 Å². The molecule has 1 aromatic carbocycles. The SMILES string of the molecule is CC1=C(C(=O)OC(C)C)[C@H](c2c(F)cccc2Cl)NC(=S)N1. The summed E-state index contributed by atoms with van der Waals surface area (Å²) in [6.07, 6.45) is -0.293. The number of benzene rings is 1. The number of thiocarbonyl (C=S) groups is 1. The molecular formula is C15H16ClFN2O2S. The summed E-state index contributed by atoms with van der Waals surface area (Å²) >= 11 is 11.2. The van der Waals surface area contributed by atoms with E-state index in [-0.39, 0.29) is 22.3 Å². The quantitative estimate of drug-likeness (QED) is 0.652. The highest BCUT2D eigenvalue weighted by Crippen LogP contribution is 2.34. The molecule has 0 radical (unpaired) electrons. The van der Waals surface area contributed by atoms with Gasteiger partial charge < -0.3 is 15.4 Å². The molecule has 1 aliphatic rings. The molecule has 1 atom stereocenters. The Bertz CT molecular complexity index is 641. The highest BCUT2D eigenvalue weighted by Gasteiger charge is 2.34. The van der Waals surface area contributed by atoms with Crippen molar-refractivity contribution in [1.82, 2.24) is 10.6 Å². The molecule has 0 fully saturated rings. The molecule has 0 spiro atoms. The van der Waals surface area contributed by atoms with Crippen LogP contribution < -0.4 is 10.6 Å². The minimum atomic E-state index is -0.798. The second kappa shape index (κ2) is 6.62. The second-order valence-electron chi connectivity index (χ2n) is 5.16. The molecule has 0 saturated carbocycles. The van der Waals surface area contributed by atoms with Crippen LogP contribution in [0.25, 0.3) is 0 Å². The van der Waals surface area contributed by atoms with Crippen molar-refractivity contribution < 1.29 is 13.9 Å². The van der Waals surface area contributed by atoms with Crippen LogP contribution in [0.4, 0.5) is 4.39 Å². The summed E-state index contributed by atoms with van der Waals surface area (Å²) in [6.45, 7) is 5.17. The number of hydrogen-bond donors (Lipinski definition) is 2. The molecule has 2 N–H and O–H groups in total. The van der Waals surface area contributed by atoms with E-state index < -0.39 is 17.8 Å². The van der Waals surface area contributed by atoms with E-state index in [1.54, 1.807) is 26.8 Å². The van der Waals surface area contributed by atoms with E-state index in [1.807, 2.05) is 0 Å². The number of hydrogen-bond acceptors (Lipinski definition) is 3. The summed E-state index contributed by atoms with van der Waals surface area (Å²) in [5.74, 6) is -1.06. The molecule has 0 unspecified atom stereocenters. The maximum atomic E-state index is 14.2. The summed E-state index contributed by atoms with van der Waals surface area (Å²) in [6, 6.07) is 3.56. The number of carbonyl (C=O) groups is 1. The predicted octanol–water partition coefficient (Wildman–Crippen LogP) is 3.22. The van der Waals surface area contributed by atoms with Crippen molar-refractivity contribution >= 4 is 34.9 Å². The van der Waals surface area contributed by atoms with Crippen LogP contribution in [0.3, 0.4) is 0 Å². The average Bonchev–Trinajstić information content (AvgIpc) is 2.36. The van der Waals surface area contributed by atoms with Gasteiger partial charge in [-0.05, 0) is 45.1 Å². The molecule has 0 amide bonds. The molecule has 2 rings (SSSR count). The number of halogens is 2. The maximum absolute atomic E-state index is 14.2. The summed E-state index contributed by atoms with van der Waals surface area (Å²) < 4.78 is 19.5. The zero-order valence-electron chi connectivity index (χ0n) is 12.4. The largest absolute Gasteiger partial charge is 0.459 e. The number of allylic oxidation sites excluding steroid dienone is 1. The Morgan fingerprint density at radius 2 is 2.14 bits per heavy atom. The first-order valence-electron chi connectivity index (χ1n) is 6.74. The van der Waals surface area contributed by atoms with Crippen molar-refractivity contribution in [2.75, 3.05) is 0 Å². The second-order valence-corrected chi connectivity index (χ2v) is 5.97. The Kier molecular flexibility index (Phi) is 5.03. The minimum absolute atomic E-state index is 0.170. The number of nitrogens with one attached hydrogen (secondary N) is 2. The monoisotopic (exact) mass is 342 g/mol. The number of carbonyl (C=O) groups excluding carboxylic acids is 1. The van der Waals surface area contributed by atoms with Gasteiger partial charge in [0.05, 0.1) is 17.7 Å². The van der Waals surface area contributed by atoms with Crippen LogP contribution in [0.15, 0.2) is 29.5 Å². The van der Waals surface area contributed by atoms with Crippen LogP contribution in [0.2, 0.25) is 5.02 Å². The van der Waals surface area contributed by atoms with E-state index in [2.05, 4.69) is 10.6 Å². The molecule has 4 nitrogen and oxygen atoms in total. The average molecular weight is 343 g/mol. The normalized spacial score (nSPS) is 18.1. The smallest absolute Gasteiger partial charge is 0.338 e. The van der Waals surface area contributed by atoms with Crippen molar-refractivity contribution in [1.29, 1.82) is 0 Å². The van der Waals surface area contributed by atoms with Crippen molar-refractivity contribution in [3.05, 3.63) is 45.9 Å². The molecular weight excluding hydrogens is 327 g/mol. The summed E-state index contributed by atoms with van der Waals surface area (Å²) in [5, 5.41) is 6.25. The van der Waals surface area contributed by atoms with Crippen LogP contribution in [-0.4, -0.2) is 17.2 Å². The lowest BCUT2D eigenvalue weighted by Crippen LogP contribution is -2.45. The summed E-state index contributed by atoms with van der Waals surface area (Å²) in [4.78, 5) is 12.4. The highest BCUT2D eigenvalue weighted by molar-refractivity contribution is 7.80. The van der Waals surface area contributed by atoms with E-state index in [4.69, 9.17) is 28.6 Å². The Labute approximate surface area is 138 Å². The van der Waals surface area contributed by atoms with E-state index in [9.17, 15) is 9.18 Å². The van der Waals surface area contributed by atoms with Crippen LogP contribution >= 0.6 is 23.8 Å². The Morgan fingerprint density at radius 3 is 2.73 bits per heavy atom. The van der Waals surface area contributed by atoms with Crippen molar-refractivity contribution in [2.24, 2.45) is 0 Å². The van der Waals surface area contributed by atoms with Gasteiger partial charge in [0.25, 0.3) is 0 Å². The predicted molar refractivity (Wildman–Crippen MR) is 86.9 cm³/mol. The fourth-order valence-corrected chi connectivity index (χ4v) is 2.79. The topological polar surface area (TPSA) is 50.4 Å². The molecule has 0 saturated heterocycles. The lowest BCUT2D eigenvalue weighted by Gasteiger charge is -2.30. The third kappa shape index (κ3) is 3.39. The highest BCUT2D eigenvalue weighted by atomic mass is 35.5. The van der Waals surface area contributed by atoms with Gasteiger partial charge in [-0.3, -0.25) is 0 Å². The Hall–Kier alpha value is -1.66. The van der Waals surface area contributed by atoms with Gasteiger partial charge in [-0.15, -0.1) is 0 Å². The first kappa shape index (κ1) is 16.7. The fraction of sp³-hybridized carbons (Fsp3) is 0.333. The van der Waals surface area contributed by atoms with Gasteiger partial charge in [0.15, 0.2) is 5.11 Å². The first-order chi connectivity index (χ1) is 10.3. The van der Waals surface area contributed by atoms with Gasteiger partial charge in [0.2, 0.25) is 0 Å². The van der Waals surface area contributed by atoms with Crippen LogP contribution in [0, 0.1) is 5.82 Å². The third-order valence-corrected chi connectivity index (χ3v) is 3.67. The zero-order valence-corrected chi connectivity index (χ0v) is 13.9. The maximum Gasteiger partial charge on any atom is 0.338 e. The fourth-order valence-electron chi connectivity index (χ4n) is 2.24. The van der Waals surface area contributed by atoms with Gasteiger partial charge in [0, 0.05) is 16.3 Å². The molecule has 0 aromatic heterocycles. The standard InChI is InChI=1S/C15H16ClFN2O2S/c1-7(2)21-14(20)11-8(3)18-15(22)19-13(11)12-9(16)5-4-6-10(12)17/h4-7,13H,1-3H3,(H2,18,19,22)/t13-/m1/s1. The van der Waals surface area contributed by atoms with Gasteiger partial charge in [-0.1, -0.05) is 17.7 Å². The van der Waals surface area contributed by atoms with Gasteiger partial charge >= 0.3 is 5.97 Å². The lowest BCUT2D eigenvalue weighted by molar-refractivity contribution is -0.143. The zero-order chi connectivity index (χ0) is 16.4. The van der Waals surface area contributed by atoms with Gasteiger partial charge in [0.1, 0.15) is 5.82 Å². The van der Waals surface area contributed by atoms with Crippen LogP contribution in [0.1, 0.15) is 32.4 Å². The van der Waals surface area contributed by atoms with E-state index in [1.165, 1.54) is 12.1 Å². The first-order valence-corrected chi connectivity index (χ1v) is 7.53. The van der Waals surface area contributed by atoms with E-state index in [0.717, 1.165) is 0 Å². The molecule has 0 bridgehead atoms. The van der Waals surface area contributed by atoms with Crippen molar-refractivity contribution in [2.45, 2.75) is 32.9 Å². The molecule has 1 aliphatic heterocycles. The van der Waals surface area contributed by atoms with Gasteiger partial charge in [-0.2, -0.15) is 0 Å². The summed E-state index contributed by atoms with van der Waals surface area (Å²) in [5.41, 5.74) is 0.941. The molecule has 118 valence electrons. The number of esters is 1. The van der Waals surface area contributed by atoms with Crippen molar-refractivity contribution in [3.63, 3.8) is 0 Å². The molecule has 1 heterocycles. The Balaban J connectivity index is 2.53. The Morgan fingerprint density at radius 1 is 1.45 bits per heavy atom. The third-order valence-electron chi connectivity index (χ3n) is 3.12.